The summed E-state index contributed by atoms with van der Waals surface area (Å²) in [6, 6.07) is 3.99. The van der Waals surface area contributed by atoms with Crippen LogP contribution in [0.2, 0.25) is 0 Å². The third-order valence-corrected chi connectivity index (χ3v) is 2.09. The Hall–Kier alpha value is -0.960. The van der Waals surface area contributed by atoms with Crippen LogP contribution in [0.25, 0.3) is 0 Å². The Kier molecular flexibility index (Phi) is 4.01. The van der Waals surface area contributed by atoms with Crippen molar-refractivity contribution in [3.05, 3.63) is 35.4 Å². The van der Waals surface area contributed by atoms with Crippen molar-refractivity contribution in [2.45, 2.75) is 12.8 Å². The molecule has 14 heavy (non-hydrogen) atoms. The molecule has 0 aliphatic rings. The highest BCUT2D eigenvalue weighted by atomic mass is 19.1. The van der Waals surface area contributed by atoms with Gasteiger partial charge in [0.15, 0.2) is 0 Å². The van der Waals surface area contributed by atoms with Crippen LogP contribution in [0.15, 0.2) is 18.2 Å². The van der Waals surface area contributed by atoms with Gasteiger partial charge in [-0.25, -0.2) is 8.78 Å². The first kappa shape index (κ1) is 11.1. The predicted molar refractivity (Wildman–Crippen MR) is 53.2 cm³/mol. The van der Waals surface area contributed by atoms with Crippen LogP contribution < -0.4 is 0 Å². The van der Waals surface area contributed by atoms with Gasteiger partial charge in [-0.15, -0.1) is 0 Å². The molecule has 1 aromatic carbocycles. The van der Waals surface area contributed by atoms with Gasteiger partial charge < -0.3 is 4.90 Å². The highest BCUT2D eigenvalue weighted by Gasteiger charge is 2.07. The van der Waals surface area contributed by atoms with Gasteiger partial charge in [0.2, 0.25) is 0 Å². The first-order valence-corrected chi connectivity index (χ1v) is 4.69. The average Bonchev–Trinajstić information content (AvgIpc) is 2.09. The molecule has 0 aromatic heterocycles. The SMILES string of the molecule is CN(C)CCCc1c(F)cccc1F. The van der Waals surface area contributed by atoms with Gasteiger partial charge in [0.05, 0.1) is 0 Å². The van der Waals surface area contributed by atoms with Crippen molar-refractivity contribution in [2.24, 2.45) is 0 Å². The van der Waals surface area contributed by atoms with Crippen LogP contribution in [0, 0.1) is 11.6 Å². The van der Waals surface area contributed by atoms with Crippen molar-refractivity contribution in [2.75, 3.05) is 20.6 Å². The van der Waals surface area contributed by atoms with Crippen LogP contribution in [-0.4, -0.2) is 25.5 Å². The molecule has 0 spiro atoms. The first-order valence-electron chi connectivity index (χ1n) is 4.69. The predicted octanol–water partition coefficient (Wildman–Crippen LogP) is 2.46. The molecule has 0 atom stereocenters. The third-order valence-electron chi connectivity index (χ3n) is 2.09. The molecule has 0 N–H and O–H groups in total. The lowest BCUT2D eigenvalue weighted by Crippen LogP contribution is -2.14. The highest BCUT2D eigenvalue weighted by molar-refractivity contribution is 5.19. The summed E-state index contributed by atoms with van der Waals surface area (Å²) in [6.07, 6.45) is 1.22. The third kappa shape index (κ3) is 3.07. The molecule has 0 radical (unpaired) electrons. The Labute approximate surface area is 83.3 Å². The van der Waals surface area contributed by atoms with Gasteiger partial charge >= 0.3 is 0 Å². The summed E-state index contributed by atoms with van der Waals surface area (Å²) < 4.78 is 26.2. The van der Waals surface area contributed by atoms with E-state index in [0.717, 1.165) is 13.0 Å². The standard InChI is InChI=1S/C11H15F2N/c1-14(2)8-4-5-9-10(12)6-3-7-11(9)13/h3,6-7H,4-5,8H2,1-2H3. The van der Waals surface area contributed by atoms with Crippen LogP contribution in [-0.2, 0) is 6.42 Å². The minimum absolute atomic E-state index is 0.203. The normalized spacial score (nSPS) is 10.9. The average molecular weight is 199 g/mol. The molecule has 1 aromatic rings. The lowest BCUT2D eigenvalue weighted by molar-refractivity contribution is 0.397. The maximum atomic E-state index is 13.1. The van der Waals surface area contributed by atoms with Gasteiger partial charge in [-0.3, -0.25) is 0 Å². The Morgan fingerprint density at radius 3 is 2.21 bits per heavy atom. The zero-order chi connectivity index (χ0) is 10.6. The fourth-order valence-corrected chi connectivity index (χ4v) is 1.34. The van der Waals surface area contributed by atoms with E-state index < -0.39 is 11.6 Å². The quantitative estimate of drug-likeness (QED) is 0.720. The van der Waals surface area contributed by atoms with Gasteiger partial charge in [0.25, 0.3) is 0 Å². The maximum absolute atomic E-state index is 13.1. The molecule has 78 valence electrons. The van der Waals surface area contributed by atoms with Crippen LogP contribution >= 0.6 is 0 Å². The minimum atomic E-state index is -0.441. The molecule has 0 saturated carbocycles. The zero-order valence-corrected chi connectivity index (χ0v) is 8.56. The van der Waals surface area contributed by atoms with E-state index in [2.05, 4.69) is 0 Å². The fourth-order valence-electron chi connectivity index (χ4n) is 1.34. The molecule has 0 aliphatic carbocycles. The maximum Gasteiger partial charge on any atom is 0.129 e. The van der Waals surface area contributed by atoms with E-state index in [1.165, 1.54) is 18.2 Å². The number of hydrogen-bond donors (Lipinski definition) is 0. The summed E-state index contributed by atoms with van der Waals surface area (Å²) >= 11 is 0. The molecular weight excluding hydrogens is 184 g/mol. The smallest absolute Gasteiger partial charge is 0.129 e. The van der Waals surface area contributed by atoms with E-state index in [9.17, 15) is 8.78 Å². The summed E-state index contributed by atoms with van der Waals surface area (Å²) in [5.74, 6) is -0.882. The Bertz CT molecular complexity index is 277. The lowest BCUT2D eigenvalue weighted by Gasteiger charge is -2.09. The van der Waals surface area contributed by atoms with Crippen LogP contribution in [0.1, 0.15) is 12.0 Å². The number of nitrogens with zero attached hydrogens (tertiary/aromatic N) is 1. The molecule has 0 fully saturated rings. The van der Waals surface area contributed by atoms with Gasteiger partial charge in [0.1, 0.15) is 11.6 Å². The van der Waals surface area contributed by atoms with E-state index in [4.69, 9.17) is 0 Å². The van der Waals surface area contributed by atoms with E-state index in [0.29, 0.717) is 6.42 Å². The summed E-state index contributed by atoms with van der Waals surface area (Å²) in [7, 11) is 3.88. The summed E-state index contributed by atoms with van der Waals surface area (Å²) in [4.78, 5) is 2.00. The second-order valence-electron chi connectivity index (χ2n) is 3.61. The molecule has 1 rings (SSSR count). The molecule has 0 bridgehead atoms. The molecule has 1 nitrogen and oxygen atoms in total. The Morgan fingerprint density at radius 2 is 1.71 bits per heavy atom. The number of hydrogen-bond acceptors (Lipinski definition) is 1. The second-order valence-corrected chi connectivity index (χ2v) is 3.61. The van der Waals surface area contributed by atoms with Crippen molar-refractivity contribution in [1.82, 2.24) is 4.90 Å². The molecule has 0 unspecified atom stereocenters. The van der Waals surface area contributed by atoms with Crippen LogP contribution in [0.5, 0.6) is 0 Å². The zero-order valence-electron chi connectivity index (χ0n) is 8.56. The van der Waals surface area contributed by atoms with E-state index in [1.54, 1.807) is 0 Å². The minimum Gasteiger partial charge on any atom is -0.309 e. The van der Waals surface area contributed by atoms with Gasteiger partial charge in [0, 0.05) is 5.56 Å². The monoisotopic (exact) mass is 199 g/mol. The molecule has 0 saturated heterocycles. The lowest BCUT2D eigenvalue weighted by atomic mass is 10.1. The number of benzene rings is 1. The summed E-state index contributed by atoms with van der Waals surface area (Å²) in [5.41, 5.74) is 0.203. The fraction of sp³-hybridized carbons (Fsp3) is 0.455. The molecule has 0 heterocycles. The van der Waals surface area contributed by atoms with E-state index in [-0.39, 0.29) is 5.56 Å². The largest absolute Gasteiger partial charge is 0.309 e. The summed E-state index contributed by atoms with van der Waals surface area (Å²) in [6.45, 7) is 0.841. The second kappa shape index (κ2) is 5.05. The van der Waals surface area contributed by atoms with Gasteiger partial charge in [-0.05, 0) is 45.6 Å². The van der Waals surface area contributed by atoms with Crippen molar-refractivity contribution in [1.29, 1.82) is 0 Å². The van der Waals surface area contributed by atoms with Crippen LogP contribution in [0.3, 0.4) is 0 Å². The van der Waals surface area contributed by atoms with Crippen molar-refractivity contribution < 1.29 is 8.78 Å². The van der Waals surface area contributed by atoms with Gasteiger partial charge in [-0.1, -0.05) is 6.07 Å². The van der Waals surface area contributed by atoms with Crippen molar-refractivity contribution in [3.8, 4) is 0 Å². The molecule has 0 aliphatic heterocycles. The van der Waals surface area contributed by atoms with Crippen molar-refractivity contribution >= 4 is 0 Å². The Morgan fingerprint density at radius 1 is 1.14 bits per heavy atom. The topological polar surface area (TPSA) is 3.24 Å². The van der Waals surface area contributed by atoms with Crippen molar-refractivity contribution in [3.63, 3.8) is 0 Å². The van der Waals surface area contributed by atoms with Crippen LogP contribution in [0.4, 0.5) is 8.78 Å². The van der Waals surface area contributed by atoms with Gasteiger partial charge in [-0.2, -0.15) is 0 Å². The van der Waals surface area contributed by atoms with E-state index in [1.807, 2.05) is 19.0 Å². The molecular formula is C11H15F2N. The number of halogens is 2. The Balaban J connectivity index is 2.58. The van der Waals surface area contributed by atoms with E-state index >= 15 is 0 Å². The highest BCUT2D eigenvalue weighted by Crippen LogP contribution is 2.13. The summed E-state index contributed by atoms with van der Waals surface area (Å²) in [5, 5.41) is 0. The first-order chi connectivity index (χ1) is 6.61. The number of rotatable bonds is 4. The molecule has 3 heteroatoms. The molecule has 0 amide bonds.